The standard InChI is InChI=1S/C16H26O2/c1-6-18-12(2)13-7-9-14(10-8-13)15(17)11-16(3,4)5/h7-10,12,15,17H,6,11H2,1-5H3. The molecule has 2 unspecified atom stereocenters. The maximum absolute atomic E-state index is 10.2. The molecule has 0 radical (unpaired) electrons. The maximum atomic E-state index is 10.2. The van der Waals surface area contributed by atoms with Gasteiger partial charge in [-0.3, -0.25) is 0 Å². The van der Waals surface area contributed by atoms with Crippen molar-refractivity contribution < 1.29 is 9.84 Å². The summed E-state index contributed by atoms with van der Waals surface area (Å²) in [6.45, 7) is 11.2. The van der Waals surface area contributed by atoms with Crippen molar-refractivity contribution in [1.29, 1.82) is 0 Å². The van der Waals surface area contributed by atoms with Crippen LogP contribution in [0, 0.1) is 5.41 Å². The fraction of sp³-hybridized carbons (Fsp3) is 0.625. The lowest BCUT2D eigenvalue weighted by atomic mass is 9.86. The summed E-state index contributed by atoms with van der Waals surface area (Å²) < 4.78 is 5.55. The summed E-state index contributed by atoms with van der Waals surface area (Å²) in [7, 11) is 0. The fourth-order valence-corrected chi connectivity index (χ4v) is 2.03. The van der Waals surface area contributed by atoms with E-state index in [4.69, 9.17) is 4.74 Å². The number of aliphatic hydroxyl groups is 1. The van der Waals surface area contributed by atoms with E-state index in [1.807, 2.05) is 38.1 Å². The van der Waals surface area contributed by atoms with Gasteiger partial charge in [0.25, 0.3) is 0 Å². The van der Waals surface area contributed by atoms with Gasteiger partial charge < -0.3 is 9.84 Å². The van der Waals surface area contributed by atoms with Crippen molar-refractivity contribution in [1.82, 2.24) is 0 Å². The van der Waals surface area contributed by atoms with Gasteiger partial charge in [0.15, 0.2) is 0 Å². The lowest BCUT2D eigenvalue weighted by Gasteiger charge is -2.23. The van der Waals surface area contributed by atoms with Gasteiger partial charge in [0.2, 0.25) is 0 Å². The third kappa shape index (κ3) is 4.79. The molecule has 18 heavy (non-hydrogen) atoms. The maximum Gasteiger partial charge on any atom is 0.0796 e. The SMILES string of the molecule is CCOC(C)c1ccc(C(O)CC(C)(C)C)cc1. The first-order valence-electron chi connectivity index (χ1n) is 6.73. The second-order valence-electron chi connectivity index (χ2n) is 6.04. The molecule has 0 bridgehead atoms. The van der Waals surface area contributed by atoms with Crippen LogP contribution in [0.25, 0.3) is 0 Å². The Bertz CT molecular complexity index is 348. The van der Waals surface area contributed by atoms with Crippen LogP contribution in [-0.2, 0) is 4.74 Å². The summed E-state index contributed by atoms with van der Waals surface area (Å²) >= 11 is 0. The largest absolute Gasteiger partial charge is 0.388 e. The van der Waals surface area contributed by atoms with Crippen LogP contribution in [0.5, 0.6) is 0 Å². The van der Waals surface area contributed by atoms with E-state index in [2.05, 4.69) is 20.8 Å². The van der Waals surface area contributed by atoms with Crippen molar-refractivity contribution in [2.45, 2.75) is 53.2 Å². The first kappa shape index (κ1) is 15.2. The summed E-state index contributed by atoms with van der Waals surface area (Å²) in [5, 5.41) is 10.2. The van der Waals surface area contributed by atoms with Crippen molar-refractivity contribution >= 4 is 0 Å². The summed E-state index contributed by atoms with van der Waals surface area (Å²) in [6, 6.07) is 8.09. The minimum atomic E-state index is -0.388. The Kier molecular flexibility index (Phi) is 5.36. The number of hydrogen-bond donors (Lipinski definition) is 1. The van der Waals surface area contributed by atoms with Crippen LogP contribution in [0.1, 0.15) is 64.4 Å². The second-order valence-corrected chi connectivity index (χ2v) is 6.04. The zero-order chi connectivity index (χ0) is 13.8. The first-order chi connectivity index (χ1) is 8.33. The molecule has 1 rings (SSSR count). The zero-order valence-corrected chi connectivity index (χ0v) is 12.2. The van der Waals surface area contributed by atoms with Crippen molar-refractivity contribution in [3.05, 3.63) is 35.4 Å². The van der Waals surface area contributed by atoms with E-state index in [1.54, 1.807) is 0 Å². The molecule has 0 aromatic heterocycles. The van der Waals surface area contributed by atoms with E-state index in [0.717, 1.165) is 24.2 Å². The second kappa shape index (κ2) is 6.35. The predicted molar refractivity (Wildman–Crippen MR) is 75.5 cm³/mol. The van der Waals surface area contributed by atoms with Crippen LogP contribution in [0.3, 0.4) is 0 Å². The van der Waals surface area contributed by atoms with E-state index in [9.17, 15) is 5.11 Å². The molecule has 2 atom stereocenters. The molecule has 2 nitrogen and oxygen atoms in total. The molecular formula is C16H26O2. The molecule has 1 N–H and O–H groups in total. The average molecular weight is 250 g/mol. The third-order valence-corrected chi connectivity index (χ3v) is 3.01. The molecule has 0 fully saturated rings. The molecule has 2 heteroatoms. The number of benzene rings is 1. The molecule has 102 valence electrons. The highest BCUT2D eigenvalue weighted by atomic mass is 16.5. The monoisotopic (exact) mass is 250 g/mol. The van der Waals surface area contributed by atoms with Crippen LogP contribution < -0.4 is 0 Å². The Hall–Kier alpha value is -0.860. The normalized spacial score (nSPS) is 15.4. The van der Waals surface area contributed by atoms with Gasteiger partial charge in [-0.2, -0.15) is 0 Å². The fourth-order valence-electron chi connectivity index (χ4n) is 2.03. The van der Waals surface area contributed by atoms with Crippen molar-refractivity contribution in [3.8, 4) is 0 Å². The third-order valence-electron chi connectivity index (χ3n) is 3.01. The lowest BCUT2D eigenvalue weighted by Crippen LogP contribution is -2.11. The van der Waals surface area contributed by atoms with Gasteiger partial charge in [0.1, 0.15) is 0 Å². The molecule has 0 spiro atoms. The molecule has 0 aliphatic heterocycles. The van der Waals surface area contributed by atoms with Gasteiger partial charge in [-0.25, -0.2) is 0 Å². The Morgan fingerprint density at radius 2 is 1.61 bits per heavy atom. The lowest BCUT2D eigenvalue weighted by molar-refractivity contribution is 0.0762. The van der Waals surface area contributed by atoms with Crippen molar-refractivity contribution in [3.63, 3.8) is 0 Å². The van der Waals surface area contributed by atoms with Crippen LogP contribution in [0.15, 0.2) is 24.3 Å². The molecule has 0 amide bonds. The molecule has 0 saturated heterocycles. The van der Waals surface area contributed by atoms with Gasteiger partial charge in [0, 0.05) is 6.61 Å². The van der Waals surface area contributed by atoms with Gasteiger partial charge >= 0.3 is 0 Å². The summed E-state index contributed by atoms with van der Waals surface area (Å²) in [5.41, 5.74) is 2.28. The highest BCUT2D eigenvalue weighted by Gasteiger charge is 2.18. The highest BCUT2D eigenvalue weighted by Crippen LogP contribution is 2.29. The zero-order valence-electron chi connectivity index (χ0n) is 12.2. The number of ether oxygens (including phenoxy) is 1. The average Bonchev–Trinajstić information content (AvgIpc) is 2.27. The minimum Gasteiger partial charge on any atom is -0.388 e. The molecule has 0 heterocycles. The molecule has 1 aromatic rings. The number of aliphatic hydroxyl groups excluding tert-OH is 1. The van der Waals surface area contributed by atoms with E-state index in [0.29, 0.717) is 0 Å². The van der Waals surface area contributed by atoms with Gasteiger partial charge in [-0.1, -0.05) is 45.0 Å². The highest BCUT2D eigenvalue weighted by molar-refractivity contribution is 5.25. The number of rotatable bonds is 5. The predicted octanol–water partition coefficient (Wildman–Crippen LogP) is 4.25. The van der Waals surface area contributed by atoms with Gasteiger partial charge in [0.05, 0.1) is 12.2 Å². The van der Waals surface area contributed by atoms with Gasteiger partial charge in [-0.05, 0) is 36.8 Å². The Balaban J connectivity index is 2.70. The van der Waals surface area contributed by atoms with Crippen molar-refractivity contribution in [2.75, 3.05) is 6.61 Å². The molecule has 0 saturated carbocycles. The van der Waals surface area contributed by atoms with E-state index >= 15 is 0 Å². The summed E-state index contributed by atoms with van der Waals surface area (Å²) in [6.07, 6.45) is 0.498. The first-order valence-corrected chi connectivity index (χ1v) is 6.73. The minimum absolute atomic E-state index is 0.115. The van der Waals surface area contributed by atoms with Gasteiger partial charge in [-0.15, -0.1) is 0 Å². The van der Waals surface area contributed by atoms with Crippen LogP contribution in [0.4, 0.5) is 0 Å². The molecular weight excluding hydrogens is 224 g/mol. The molecule has 1 aromatic carbocycles. The van der Waals surface area contributed by atoms with Crippen molar-refractivity contribution in [2.24, 2.45) is 5.41 Å². The van der Waals surface area contributed by atoms with E-state index in [-0.39, 0.29) is 17.6 Å². The molecule has 0 aliphatic carbocycles. The quantitative estimate of drug-likeness (QED) is 0.846. The van der Waals surface area contributed by atoms with Crippen LogP contribution in [-0.4, -0.2) is 11.7 Å². The smallest absolute Gasteiger partial charge is 0.0796 e. The Morgan fingerprint density at radius 1 is 1.11 bits per heavy atom. The Labute approximate surface area is 111 Å². The summed E-state index contributed by atoms with van der Waals surface area (Å²) in [4.78, 5) is 0. The number of hydrogen-bond acceptors (Lipinski definition) is 2. The Morgan fingerprint density at radius 3 is 2.06 bits per heavy atom. The van der Waals surface area contributed by atoms with E-state index in [1.165, 1.54) is 0 Å². The van der Waals surface area contributed by atoms with E-state index < -0.39 is 0 Å². The van der Waals surface area contributed by atoms with Crippen LogP contribution in [0.2, 0.25) is 0 Å². The summed E-state index contributed by atoms with van der Waals surface area (Å²) in [5.74, 6) is 0. The molecule has 0 aliphatic rings. The topological polar surface area (TPSA) is 29.5 Å². The van der Waals surface area contributed by atoms with Crippen LogP contribution >= 0.6 is 0 Å².